The second-order valence-corrected chi connectivity index (χ2v) is 6.48. The topological polar surface area (TPSA) is 46.5 Å². The molecule has 0 radical (unpaired) electrons. The van der Waals surface area contributed by atoms with Gasteiger partial charge in [0.1, 0.15) is 5.84 Å². The zero-order chi connectivity index (χ0) is 15.5. The number of aliphatic imine (C=N–C) groups is 1. The van der Waals surface area contributed by atoms with Crippen molar-refractivity contribution in [3.05, 3.63) is 52.9 Å². The summed E-state index contributed by atoms with van der Waals surface area (Å²) in [6.07, 6.45) is 2.13. The highest BCUT2D eigenvalue weighted by Crippen LogP contribution is 2.23. The van der Waals surface area contributed by atoms with Crippen LogP contribution in [-0.4, -0.2) is 35.9 Å². The van der Waals surface area contributed by atoms with Crippen LogP contribution in [0.15, 0.2) is 53.0 Å². The molecule has 0 amide bonds. The van der Waals surface area contributed by atoms with Crippen LogP contribution >= 0.6 is 36.2 Å². The highest BCUT2D eigenvalue weighted by Gasteiger charge is 2.04. The van der Waals surface area contributed by atoms with E-state index in [9.17, 15) is 0 Å². The van der Waals surface area contributed by atoms with E-state index in [0.29, 0.717) is 5.84 Å². The fourth-order valence-electron chi connectivity index (χ4n) is 2.38. The summed E-state index contributed by atoms with van der Waals surface area (Å²) in [4.78, 5) is 7.71. The molecule has 4 nitrogen and oxygen atoms in total. The van der Waals surface area contributed by atoms with Crippen molar-refractivity contribution in [2.75, 3.05) is 20.6 Å². The fraction of sp³-hybridized carbons (Fsp3) is 0.235. The van der Waals surface area contributed by atoms with E-state index < -0.39 is 0 Å². The lowest BCUT2D eigenvalue weighted by Crippen LogP contribution is -2.17. The average Bonchev–Trinajstić information content (AvgIpc) is 3.14. The van der Waals surface area contributed by atoms with E-state index in [4.69, 9.17) is 5.73 Å². The third-order valence-corrected chi connectivity index (χ3v) is 4.46. The molecule has 0 unspecified atom stereocenters. The number of halogens is 2. The normalized spacial score (nSPS) is 11.4. The minimum atomic E-state index is 0. The van der Waals surface area contributed by atoms with Crippen LogP contribution < -0.4 is 5.73 Å². The van der Waals surface area contributed by atoms with Gasteiger partial charge in [0, 0.05) is 30.2 Å². The lowest BCUT2D eigenvalue weighted by atomic mass is 10.2. The molecule has 24 heavy (non-hydrogen) atoms. The van der Waals surface area contributed by atoms with Crippen molar-refractivity contribution >= 4 is 58.6 Å². The van der Waals surface area contributed by atoms with Gasteiger partial charge in [0.05, 0.1) is 10.6 Å². The highest BCUT2D eigenvalue weighted by atomic mass is 35.5. The molecule has 3 rings (SSSR count). The van der Waals surface area contributed by atoms with Crippen LogP contribution in [0.2, 0.25) is 0 Å². The van der Waals surface area contributed by atoms with E-state index in [1.807, 2.05) is 23.6 Å². The molecule has 2 aromatic heterocycles. The lowest BCUT2D eigenvalue weighted by molar-refractivity contribution is 0.387. The lowest BCUT2D eigenvalue weighted by Gasteiger charge is -2.11. The summed E-state index contributed by atoms with van der Waals surface area (Å²) in [6, 6.07) is 12.3. The Labute approximate surface area is 158 Å². The molecule has 1 aromatic carbocycles. The number of rotatable bonds is 5. The molecule has 3 aromatic rings. The third-order valence-electron chi connectivity index (χ3n) is 3.57. The Morgan fingerprint density at radius 3 is 2.67 bits per heavy atom. The fourth-order valence-corrected chi connectivity index (χ4v) is 3.01. The summed E-state index contributed by atoms with van der Waals surface area (Å²) in [5.74, 6) is 0.571. The number of nitrogens with zero attached hydrogens (tertiary/aromatic N) is 3. The Hall–Kier alpha value is -1.53. The first-order chi connectivity index (χ1) is 10.6. The van der Waals surface area contributed by atoms with Crippen molar-refractivity contribution in [3.8, 4) is 0 Å². The maximum absolute atomic E-state index is 6.05. The predicted molar refractivity (Wildman–Crippen MR) is 110 cm³/mol. The first-order valence-electron chi connectivity index (χ1n) is 7.25. The number of benzene rings is 1. The number of likely N-dealkylation sites (N-methyl/N-ethyl adjacent to an activating group) is 1. The first-order valence-corrected chi connectivity index (χ1v) is 8.13. The number of hydrogen-bond donors (Lipinski definition) is 1. The first kappa shape index (κ1) is 20.5. The molecular weight excluding hydrogens is 363 g/mol. The molecule has 130 valence electrons. The quantitative estimate of drug-likeness (QED) is 0.530. The van der Waals surface area contributed by atoms with Gasteiger partial charge in [-0.15, -0.1) is 36.2 Å². The number of hydrogen-bond acceptors (Lipinski definition) is 3. The average molecular weight is 385 g/mol. The van der Waals surface area contributed by atoms with Gasteiger partial charge in [-0.3, -0.25) is 0 Å². The molecule has 0 aliphatic rings. The molecular formula is C17H22Cl2N4S. The van der Waals surface area contributed by atoms with Crippen molar-refractivity contribution in [3.63, 3.8) is 0 Å². The predicted octanol–water partition coefficient (Wildman–Crippen LogP) is 4.15. The summed E-state index contributed by atoms with van der Waals surface area (Å²) in [6.45, 7) is 2.01. The van der Waals surface area contributed by atoms with Gasteiger partial charge in [-0.25, -0.2) is 4.99 Å². The van der Waals surface area contributed by atoms with Crippen molar-refractivity contribution < 1.29 is 0 Å². The third kappa shape index (κ3) is 4.74. The van der Waals surface area contributed by atoms with E-state index >= 15 is 0 Å². The van der Waals surface area contributed by atoms with E-state index in [1.165, 1.54) is 10.9 Å². The molecule has 0 saturated carbocycles. The monoisotopic (exact) mass is 384 g/mol. The van der Waals surface area contributed by atoms with Gasteiger partial charge in [0.25, 0.3) is 0 Å². The van der Waals surface area contributed by atoms with Crippen molar-refractivity contribution in [2.24, 2.45) is 10.7 Å². The summed E-state index contributed by atoms with van der Waals surface area (Å²) in [5.41, 5.74) is 8.18. The van der Waals surface area contributed by atoms with Gasteiger partial charge in [-0.05, 0) is 49.8 Å². The second-order valence-electron chi connectivity index (χ2n) is 5.53. The molecule has 7 heteroatoms. The highest BCUT2D eigenvalue weighted by molar-refractivity contribution is 7.12. The van der Waals surface area contributed by atoms with Crippen molar-refractivity contribution in [1.29, 1.82) is 0 Å². The van der Waals surface area contributed by atoms with Crippen LogP contribution in [-0.2, 0) is 6.54 Å². The number of fused-ring (bicyclic) bond motifs is 1. The van der Waals surface area contributed by atoms with Crippen molar-refractivity contribution in [2.45, 2.75) is 6.54 Å². The maximum Gasteiger partial charge on any atom is 0.141 e. The smallest absolute Gasteiger partial charge is 0.141 e. The van der Waals surface area contributed by atoms with Gasteiger partial charge >= 0.3 is 0 Å². The Morgan fingerprint density at radius 1 is 1.21 bits per heavy atom. The summed E-state index contributed by atoms with van der Waals surface area (Å²) in [7, 11) is 4.18. The molecule has 0 aliphatic heterocycles. The summed E-state index contributed by atoms with van der Waals surface area (Å²) < 4.78 is 2.27. The molecule has 2 heterocycles. The number of nitrogens with two attached hydrogens (primary N) is 1. The van der Waals surface area contributed by atoms with E-state index in [-0.39, 0.29) is 24.8 Å². The van der Waals surface area contributed by atoms with E-state index in [0.717, 1.165) is 23.7 Å². The molecule has 0 spiro atoms. The van der Waals surface area contributed by atoms with Crippen LogP contribution in [0.1, 0.15) is 4.88 Å². The molecule has 0 fully saturated rings. The maximum atomic E-state index is 6.05. The van der Waals surface area contributed by atoms with Gasteiger partial charge < -0.3 is 15.2 Å². The van der Waals surface area contributed by atoms with Crippen LogP contribution in [0, 0.1) is 0 Å². The van der Waals surface area contributed by atoms with Crippen LogP contribution in [0.4, 0.5) is 5.69 Å². The summed E-state index contributed by atoms with van der Waals surface area (Å²) >= 11 is 1.60. The summed E-state index contributed by atoms with van der Waals surface area (Å²) in [5, 5.41) is 3.20. The van der Waals surface area contributed by atoms with Gasteiger partial charge in [-0.2, -0.15) is 0 Å². The Morgan fingerprint density at radius 2 is 2.00 bits per heavy atom. The molecule has 0 saturated heterocycles. The molecule has 2 N–H and O–H groups in total. The van der Waals surface area contributed by atoms with Gasteiger partial charge in [0.2, 0.25) is 0 Å². The van der Waals surface area contributed by atoms with Gasteiger partial charge in [-0.1, -0.05) is 6.07 Å². The minimum absolute atomic E-state index is 0. The number of amidine groups is 1. The van der Waals surface area contributed by atoms with Crippen molar-refractivity contribution in [1.82, 2.24) is 9.47 Å². The molecule has 0 aliphatic carbocycles. The van der Waals surface area contributed by atoms with Crippen LogP contribution in [0.25, 0.3) is 10.9 Å². The Balaban J connectivity index is 0.00000144. The molecule has 0 bridgehead atoms. The number of aromatic nitrogens is 1. The Kier molecular flexibility index (Phi) is 7.76. The van der Waals surface area contributed by atoms with E-state index in [1.54, 1.807) is 11.3 Å². The number of thiophene rings is 1. The van der Waals surface area contributed by atoms with Gasteiger partial charge in [0.15, 0.2) is 0 Å². The van der Waals surface area contributed by atoms with Crippen LogP contribution in [0.3, 0.4) is 0 Å². The Bertz CT molecular complexity index is 794. The largest absolute Gasteiger partial charge is 0.383 e. The molecule has 0 atom stereocenters. The van der Waals surface area contributed by atoms with Crippen LogP contribution in [0.5, 0.6) is 0 Å². The van der Waals surface area contributed by atoms with E-state index in [2.05, 4.69) is 53.0 Å². The standard InChI is InChI=1S/C17H20N4S.2ClH/c1-20(2)9-10-21-8-7-13-12-14(5-6-15(13)21)19-17(18)16-4-3-11-22-16;;/h3-8,11-12H,9-10H2,1-2H3,(H2,18,19);2*1H. The zero-order valence-corrected chi connectivity index (χ0v) is 16.1. The zero-order valence-electron chi connectivity index (χ0n) is 13.7. The second kappa shape index (κ2) is 9.08. The SMILES string of the molecule is CN(C)CCn1ccc2cc(N=C(N)c3cccs3)ccc21.Cl.Cl. The minimum Gasteiger partial charge on any atom is -0.383 e.